The first kappa shape index (κ1) is 19.1. The van der Waals surface area contributed by atoms with Crippen molar-refractivity contribution in [2.24, 2.45) is 5.10 Å². The molecule has 0 saturated heterocycles. The highest BCUT2D eigenvalue weighted by molar-refractivity contribution is 5.99. The van der Waals surface area contributed by atoms with Gasteiger partial charge in [0.1, 0.15) is 0 Å². The van der Waals surface area contributed by atoms with E-state index in [-0.39, 0.29) is 0 Å². The summed E-state index contributed by atoms with van der Waals surface area (Å²) in [5.41, 5.74) is 8.52. The molecule has 2 aromatic rings. The minimum absolute atomic E-state index is 0.576. The van der Waals surface area contributed by atoms with Crippen molar-refractivity contribution in [2.75, 3.05) is 5.43 Å². The molecular weight excluding hydrogens is 308 g/mol. The fourth-order valence-corrected chi connectivity index (χ4v) is 2.70. The second-order valence-electron chi connectivity index (χ2n) is 6.54. The number of hydrogen-bond donors (Lipinski definition) is 1. The highest BCUT2D eigenvalue weighted by atomic mass is 15.4. The number of nitrogens with zero attached hydrogens (tertiary/aromatic N) is 3. The lowest BCUT2D eigenvalue weighted by Gasteiger charge is -2.07. The molecule has 134 valence electrons. The minimum Gasteiger partial charge on any atom is -0.245 e. The maximum atomic E-state index is 4.57. The Bertz CT molecular complexity index is 707. The lowest BCUT2D eigenvalue weighted by molar-refractivity contribution is 0.772. The van der Waals surface area contributed by atoms with Crippen molar-refractivity contribution >= 4 is 11.7 Å². The van der Waals surface area contributed by atoms with E-state index >= 15 is 0 Å². The van der Waals surface area contributed by atoms with Crippen molar-refractivity contribution < 1.29 is 0 Å². The number of benzene rings is 1. The minimum atomic E-state index is 0.576. The quantitative estimate of drug-likeness (QED) is 0.498. The van der Waals surface area contributed by atoms with Gasteiger partial charge in [0.25, 0.3) is 0 Å². The molecule has 0 aliphatic rings. The maximum absolute atomic E-state index is 4.57. The first-order valence-electron chi connectivity index (χ1n) is 9.36. The molecule has 1 aromatic heterocycles. The molecule has 4 heteroatoms. The largest absolute Gasteiger partial charge is 0.245 e. The van der Waals surface area contributed by atoms with Crippen LogP contribution in [0.2, 0.25) is 0 Å². The first-order chi connectivity index (χ1) is 12.1. The van der Waals surface area contributed by atoms with Gasteiger partial charge >= 0.3 is 0 Å². The van der Waals surface area contributed by atoms with Crippen molar-refractivity contribution in [1.29, 1.82) is 0 Å². The zero-order valence-corrected chi connectivity index (χ0v) is 16.0. The Morgan fingerprint density at radius 3 is 2.56 bits per heavy atom. The third kappa shape index (κ3) is 6.29. The number of aromatic nitrogens is 2. The summed E-state index contributed by atoms with van der Waals surface area (Å²) in [5.74, 6) is 0.576. The lowest BCUT2D eigenvalue weighted by atomic mass is 10.0. The highest BCUT2D eigenvalue weighted by Gasteiger charge is 2.03. The summed E-state index contributed by atoms with van der Waals surface area (Å²) in [5, 5.41) is 4.49. The van der Waals surface area contributed by atoms with Crippen LogP contribution in [0, 0.1) is 6.92 Å². The summed E-state index contributed by atoms with van der Waals surface area (Å²) in [4.78, 5) is 9.00. The molecular formula is C21H30N4. The smallest absolute Gasteiger partial charge is 0.243 e. The van der Waals surface area contributed by atoms with Crippen molar-refractivity contribution in [3.8, 4) is 0 Å². The summed E-state index contributed by atoms with van der Waals surface area (Å²) in [6.45, 7) is 8.42. The molecule has 4 nitrogen and oxygen atoms in total. The monoisotopic (exact) mass is 338 g/mol. The third-order valence-corrected chi connectivity index (χ3v) is 4.18. The van der Waals surface area contributed by atoms with Crippen LogP contribution in [0.3, 0.4) is 0 Å². The second kappa shape index (κ2) is 9.92. The summed E-state index contributed by atoms with van der Waals surface area (Å²) in [6.07, 6.45) is 6.84. The van der Waals surface area contributed by atoms with Gasteiger partial charge in [-0.15, -0.1) is 0 Å². The van der Waals surface area contributed by atoms with Gasteiger partial charge in [-0.05, 0) is 62.8 Å². The van der Waals surface area contributed by atoms with Crippen LogP contribution in [0.1, 0.15) is 69.0 Å². The Kier molecular flexibility index (Phi) is 7.58. The zero-order valence-electron chi connectivity index (χ0n) is 16.0. The molecule has 1 aromatic carbocycles. The molecule has 0 saturated carbocycles. The van der Waals surface area contributed by atoms with Crippen molar-refractivity contribution in [3.63, 3.8) is 0 Å². The predicted octanol–water partition coefficient (Wildman–Crippen LogP) is 5.31. The molecule has 0 bridgehead atoms. The van der Waals surface area contributed by atoms with E-state index in [0.717, 1.165) is 48.3 Å². The number of anilines is 1. The van der Waals surface area contributed by atoms with Gasteiger partial charge in [0.05, 0.1) is 5.71 Å². The Labute approximate surface area is 151 Å². The van der Waals surface area contributed by atoms with Crippen LogP contribution < -0.4 is 5.43 Å². The normalized spacial score (nSPS) is 11.6. The van der Waals surface area contributed by atoms with E-state index in [2.05, 4.69) is 64.7 Å². The van der Waals surface area contributed by atoms with Crippen LogP contribution in [-0.2, 0) is 12.8 Å². The average Bonchev–Trinajstić information content (AvgIpc) is 2.62. The SMILES string of the molecule is CCCCc1cccc(C(C)=NNc2nc(C)cc(CCCC)n2)c1. The number of hydrazone groups is 1. The Morgan fingerprint density at radius 2 is 1.80 bits per heavy atom. The number of nitrogens with one attached hydrogen (secondary N) is 1. The summed E-state index contributed by atoms with van der Waals surface area (Å²) in [6, 6.07) is 10.7. The topological polar surface area (TPSA) is 50.2 Å². The van der Waals surface area contributed by atoms with E-state index < -0.39 is 0 Å². The summed E-state index contributed by atoms with van der Waals surface area (Å²) in [7, 11) is 0. The molecule has 0 spiro atoms. The Balaban J connectivity index is 2.09. The average molecular weight is 338 g/mol. The number of aryl methyl sites for hydroxylation is 3. The molecule has 2 rings (SSSR count). The van der Waals surface area contributed by atoms with Gasteiger partial charge in [0, 0.05) is 11.4 Å². The number of hydrogen-bond acceptors (Lipinski definition) is 4. The number of rotatable bonds is 9. The predicted molar refractivity (Wildman–Crippen MR) is 106 cm³/mol. The second-order valence-corrected chi connectivity index (χ2v) is 6.54. The van der Waals surface area contributed by atoms with Gasteiger partial charge in [-0.1, -0.05) is 44.9 Å². The molecule has 1 N–H and O–H groups in total. The van der Waals surface area contributed by atoms with E-state index in [1.807, 2.05) is 13.8 Å². The van der Waals surface area contributed by atoms with Gasteiger partial charge in [-0.2, -0.15) is 5.10 Å². The fraction of sp³-hybridized carbons (Fsp3) is 0.476. The highest BCUT2D eigenvalue weighted by Crippen LogP contribution is 2.11. The summed E-state index contributed by atoms with van der Waals surface area (Å²) < 4.78 is 0. The number of unbranched alkanes of at least 4 members (excludes halogenated alkanes) is 2. The molecule has 0 unspecified atom stereocenters. The van der Waals surface area contributed by atoms with Gasteiger partial charge < -0.3 is 0 Å². The third-order valence-electron chi connectivity index (χ3n) is 4.18. The molecule has 0 aliphatic carbocycles. The van der Waals surface area contributed by atoms with Crippen LogP contribution in [0.5, 0.6) is 0 Å². The molecule has 0 amide bonds. The van der Waals surface area contributed by atoms with Gasteiger partial charge in [-0.3, -0.25) is 0 Å². The molecule has 25 heavy (non-hydrogen) atoms. The molecule has 0 radical (unpaired) electrons. The van der Waals surface area contributed by atoms with Gasteiger partial charge in [0.2, 0.25) is 5.95 Å². The van der Waals surface area contributed by atoms with Crippen LogP contribution in [0.25, 0.3) is 0 Å². The van der Waals surface area contributed by atoms with Crippen molar-refractivity contribution in [3.05, 3.63) is 52.8 Å². The van der Waals surface area contributed by atoms with Gasteiger partial charge in [0.15, 0.2) is 0 Å². The molecule has 0 fully saturated rings. The van der Waals surface area contributed by atoms with Crippen LogP contribution in [0.4, 0.5) is 5.95 Å². The molecule has 0 atom stereocenters. The Hall–Kier alpha value is -2.23. The van der Waals surface area contributed by atoms with Crippen LogP contribution in [0.15, 0.2) is 35.4 Å². The summed E-state index contributed by atoms with van der Waals surface area (Å²) >= 11 is 0. The van der Waals surface area contributed by atoms with Crippen LogP contribution in [-0.4, -0.2) is 15.7 Å². The van der Waals surface area contributed by atoms with E-state index in [0.29, 0.717) is 5.95 Å². The van der Waals surface area contributed by atoms with E-state index in [4.69, 9.17) is 0 Å². The van der Waals surface area contributed by atoms with Crippen molar-refractivity contribution in [2.45, 2.75) is 66.2 Å². The van der Waals surface area contributed by atoms with E-state index in [9.17, 15) is 0 Å². The zero-order chi connectivity index (χ0) is 18.1. The van der Waals surface area contributed by atoms with Gasteiger partial charge in [-0.25, -0.2) is 15.4 Å². The van der Waals surface area contributed by atoms with Crippen molar-refractivity contribution in [1.82, 2.24) is 9.97 Å². The Morgan fingerprint density at radius 1 is 1.04 bits per heavy atom. The fourth-order valence-electron chi connectivity index (χ4n) is 2.70. The lowest BCUT2D eigenvalue weighted by Crippen LogP contribution is -2.05. The van der Waals surface area contributed by atoms with E-state index in [1.54, 1.807) is 0 Å². The molecule has 1 heterocycles. The van der Waals surface area contributed by atoms with E-state index in [1.165, 1.54) is 18.4 Å². The molecule has 0 aliphatic heterocycles. The van der Waals surface area contributed by atoms with Crippen LogP contribution >= 0.6 is 0 Å². The standard InChI is InChI=1S/C21H30N4/c1-5-7-10-18-11-9-12-19(15-18)17(4)24-25-21-22-16(3)14-20(23-21)13-8-6-2/h9,11-12,14-15H,5-8,10,13H2,1-4H3,(H,22,23,25). The maximum Gasteiger partial charge on any atom is 0.243 e. The first-order valence-corrected chi connectivity index (χ1v) is 9.36.